The summed E-state index contributed by atoms with van der Waals surface area (Å²) in [6.45, 7) is 0.183. The van der Waals surface area contributed by atoms with Crippen LogP contribution in [0.2, 0.25) is 0 Å². The summed E-state index contributed by atoms with van der Waals surface area (Å²) in [5.74, 6) is -1.51. The second-order valence-corrected chi connectivity index (χ2v) is 4.17. The normalized spacial score (nSPS) is 10.2. The molecule has 0 aliphatic rings. The summed E-state index contributed by atoms with van der Waals surface area (Å²) >= 11 is 4.67. The first-order valence-electron chi connectivity index (χ1n) is 5.35. The average molecular weight is 280 g/mol. The number of hydrogen-bond acceptors (Lipinski definition) is 4. The predicted molar refractivity (Wildman–Crippen MR) is 71.6 cm³/mol. The summed E-state index contributed by atoms with van der Waals surface area (Å²) in [5.41, 5.74) is 5.86. The van der Waals surface area contributed by atoms with Crippen LogP contribution in [0.3, 0.4) is 0 Å². The maximum Gasteiger partial charge on any atom is 0.150 e. The SMILES string of the molecule is NC(=S)c1cc(F)c(NCc2ccncn2)c(F)c1. The Kier molecular flexibility index (Phi) is 3.96. The number of nitrogens with two attached hydrogens (primary N) is 1. The molecule has 1 heterocycles. The molecule has 19 heavy (non-hydrogen) atoms. The maximum absolute atomic E-state index is 13.7. The van der Waals surface area contributed by atoms with Crippen molar-refractivity contribution in [1.82, 2.24) is 9.97 Å². The minimum atomic E-state index is -0.753. The number of halogens is 2. The van der Waals surface area contributed by atoms with Crippen LogP contribution in [0.15, 0.2) is 30.7 Å². The van der Waals surface area contributed by atoms with Crippen LogP contribution in [0.5, 0.6) is 0 Å². The summed E-state index contributed by atoms with van der Waals surface area (Å²) < 4.78 is 27.4. The third kappa shape index (κ3) is 3.19. The molecular weight excluding hydrogens is 270 g/mol. The number of nitrogens with zero attached hydrogens (tertiary/aromatic N) is 2. The summed E-state index contributed by atoms with van der Waals surface area (Å²) in [6, 6.07) is 3.83. The molecule has 0 bridgehead atoms. The van der Waals surface area contributed by atoms with Crippen LogP contribution in [0.4, 0.5) is 14.5 Å². The second kappa shape index (κ2) is 5.66. The van der Waals surface area contributed by atoms with E-state index in [4.69, 9.17) is 5.73 Å². The van der Waals surface area contributed by atoms with Crippen LogP contribution < -0.4 is 11.1 Å². The van der Waals surface area contributed by atoms with Gasteiger partial charge in [-0.05, 0) is 18.2 Å². The van der Waals surface area contributed by atoms with Crippen LogP contribution in [-0.2, 0) is 6.54 Å². The van der Waals surface area contributed by atoms with Crippen molar-refractivity contribution < 1.29 is 8.78 Å². The Bertz CT molecular complexity index is 581. The zero-order valence-electron chi connectivity index (χ0n) is 9.73. The minimum absolute atomic E-state index is 0.0554. The van der Waals surface area contributed by atoms with Gasteiger partial charge in [-0.25, -0.2) is 18.7 Å². The number of aromatic nitrogens is 2. The van der Waals surface area contributed by atoms with Crippen LogP contribution in [0, 0.1) is 11.6 Å². The molecule has 0 amide bonds. The van der Waals surface area contributed by atoms with Gasteiger partial charge in [-0.1, -0.05) is 12.2 Å². The zero-order chi connectivity index (χ0) is 13.8. The van der Waals surface area contributed by atoms with Crippen LogP contribution in [0.1, 0.15) is 11.3 Å². The van der Waals surface area contributed by atoms with Crippen LogP contribution >= 0.6 is 12.2 Å². The Morgan fingerprint density at radius 3 is 2.53 bits per heavy atom. The van der Waals surface area contributed by atoms with Crippen molar-refractivity contribution in [2.24, 2.45) is 5.73 Å². The molecule has 2 rings (SSSR count). The highest BCUT2D eigenvalue weighted by Gasteiger charge is 2.12. The van der Waals surface area contributed by atoms with Gasteiger partial charge in [0.2, 0.25) is 0 Å². The Morgan fingerprint density at radius 1 is 1.32 bits per heavy atom. The Hall–Kier alpha value is -2.15. The monoisotopic (exact) mass is 280 g/mol. The zero-order valence-corrected chi connectivity index (χ0v) is 10.5. The standard InChI is InChI=1S/C12H10F2N4S/c13-9-3-7(12(15)19)4-10(14)11(9)17-5-8-1-2-16-6-18-8/h1-4,6,17H,5H2,(H2,15,19). The molecule has 1 aromatic carbocycles. The highest BCUT2D eigenvalue weighted by atomic mass is 32.1. The smallest absolute Gasteiger partial charge is 0.150 e. The maximum atomic E-state index is 13.7. The van der Waals surface area contributed by atoms with E-state index >= 15 is 0 Å². The molecule has 2 aromatic rings. The van der Waals surface area contributed by atoms with Gasteiger partial charge in [-0.15, -0.1) is 0 Å². The number of hydrogen-bond donors (Lipinski definition) is 2. The lowest BCUT2D eigenvalue weighted by Crippen LogP contribution is -2.12. The quantitative estimate of drug-likeness (QED) is 0.839. The lowest BCUT2D eigenvalue weighted by atomic mass is 10.2. The molecule has 0 atom stereocenters. The van der Waals surface area contributed by atoms with E-state index in [2.05, 4.69) is 27.5 Å². The van der Waals surface area contributed by atoms with Gasteiger partial charge in [0.05, 0.1) is 12.2 Å². The lowest BCUT2D eigenvalue weighted by Gasteiger charge is -2.09. The van der Waals surface area contributed by atoms with E-state index in [-0.39, 0.29) is 22.8 Å². The fourth-order valence-corrected chi connectivity index (χ4v) is 1.60. The molecule has 3 N–H and O–H groups in total. The van der Waals surface area contributed by atoms with Crippen molar-refractivity contribution in [2.75, 3.05) is 5.32 Å². The topological polar surface area (TPSA) is 63.8 Å². The van der Waals surface area contributed by atoms with Crippen LogP contribution in [-0.4, -0.2) is 15.0 Å². The van der Waals surface area contributed by atoms with Crippen LogP contribution in [0.25, 0.3) is 0 Å². The van der Waals surface area contributed by atoms with Gasteiger partial charge in [0, 0.05) is 11.8 Å². The molecule has 7 heteroatoms. The number of nitrogens with one attached hydrogen (secondary N) is 1. The van der Waals surface area contributed by atoms with Crippen molar-refractivity contribution in [2.45, 2.75) is 6.54 Å². The van der Waals surface area contributed by atoms with Crippen molar-refractivity contribution in [3.05, 3.63) is 53.6 Å². The molecule has 0 spiro atoms. The fourth-order valence-electron chi connectivity index (χ4n) is 1.49. The predicted octanol–water partition coefficient (Wildman–Crippen LogP) is 2.00. The first kappa shape index (κ1) is 13.3. The molecule has 0 fully saturated rings. The van der Waals surface area contributed by atoms with Gasteiger partial charge in [-0.2, -0.15) is 0 Å². The number of anilines is 1. The van der Waals surface area contributed by atoms with Gasteiger partial charge in [0.15, 0.2) is 0 Å². The summed E-state index contributed by atoms with van der Waals surface area (Å²) in [5, 5.41) is 2.64. The van der Waals surface area contributed by atoms with Crippen molar-refractivity contribution in [3.8, 4) is 0 Å². The lowest BCUT2D eigenvalue weighted by molar-refractivity contribution is 0.587. The largest absolute Gasteiger partial charge is 0.389 e. The number of benzene rings is 1. The molecule has 1 aromatic heterocycles. The second-order valence-electron chi connectivity index (χ2n) is 3.73. The van der Waals surface area contributed by atoms with Gasteiger partial charge < -0.3 is 11.1 Å². The Balaban J connectivity index is 2.19. The summed E-state index contributed by atoms with van der Waals surface area (Å²) in [6.07, 6.45) is 2.91. The Morgan fingerprint density at radius 2 is 2.00 bits per heavy atom. The first-order chi connectivity index (χ1) is 9.08. The number of thiocarbonyl (C=S) groups is 1. The molecule has 0 unspecified atom stereocenters. The van der Waals surface area contributed by atoms with E-state index in [9.17, 15) is 8.78 Å². The molecule has 0 saturated carbocycles. The first-order valence-corrected chi connectivity index (χ1v) is 5.76. The molecule has 98 valence electrons. The Labute approximate surface area is 113 Å². The van der Waals surface area contributed by atoms with E-state index < -0.39 is 11.6 Å². The molecule has 0 aliphatic heterocycles. The third-order valence-corrected chi connectivity index (χ3v) is 2.65. The van der Waals surface area contributed by atoms with Gasteiger partial charge >= 0.3 is 0 Å². The van der Waals surface area contributed by atoms with E-state index in [1.807, 2.05) is 0 Å². The summed E-state index contributed by atoms with van der Waals surface area (Å²) in [7, 11) is 0. The van der Waals surface area contributed by atoms with E-state index in [0.29, 0.717) is 5.69 Å². The van der Waals surface area contributed by atoms with E-state index in [0.717, 1.165) is 12.1 Å². The molecule has 0 radical (unpaired) electrons. The molecule has 0 saturated heterocycles. The van der Waals surface area contributed by atoms with E-state index in [1.165, 1.54) is 6.33 Å². The minimum Gasteiger partial charge on any atom is -0.389 e. The number of rotatable bonds is 4. The van der Waals surface area contributed by atoms with Crippen molar-refractivity contribution in [3.63, 3.8) is 0 Å². The van der Waals surface area contributed by atoms with E-state index in [1.54, 1.807) is 12.3 Å². The highest BCUT2D eigenvalue weighted by molar-refractivity contribution is 7.80. The van der Waals surface area contributed by atoms with Gasteiger partial charge in [-0.3, -0.25) is 0 Å². The molecule has 0 aliphatic carbocycles. The van der Waals surface area contributed by atoms with Crippen molar-refractivity contribution >= 4 is 22.9 Å². The fraction of sp³-hybridized carbons (Fsp3) is 0.0833. The highest BCUT2D eigenvalue weighted by Crippen LogP contribution is 2.21. The molecular formula is C12H10F2N4S. The van der Waals surface area contributed by atoms with Gasteiger partial charge in [0.25, 0.3) is 0 Å². The third-order valence-electron chi connectivity index (χ3n) is 2.42. The average Bonchev–Trinajstić information content (AvgIpc) is 2.38. The molecule has 4 nitrogen and oxygen atoms in total. The van der Waals surface area contributed by atoms with Crippen molar-refractivity contribution in [1.29, 1.82) is 0 Å². The van der Waals surface area contributed by atoms with Gasteiger partial charge in [0.1, 0.15) is 28.6 Å². The summed E-state index contributed by atoms with van der Waals surface area (Å²) in [4.78, 5) is 7.64.